The zero-order valence-corrected chi connectivity index (χ0v) is 17.3. The van der Waals surface area contributed by atoms with Gasteiger partial charge in [0.1, 0.15) is 11.5 Å². The van der Waals surface area contributed by atoms with E-state index in [9.17, 15) is 22.8 Å². The van der Waals surface area contributed by atoms with E-state index in [0.717, 1.165) is 23.8 Å². The van der Waals surface area contributed by atoms with Crippen LogP contribution in [0, 0.1) is 0 Å². The van der Waals surface area contributed by atoms with E-state index in [2.05, 4.69) is 9.97 Å². The molecule has 1 unspecified atom stereocenters. The van der Waals surface area contributed by atoms with Gasteiger partial charge in [-0.2, -0.15) is 13.2 Å². The maximum Gasteiger partial charge on any atom is 0.416 e. The van der Waals surface area contributed by atoms with Crippen molar-refractivity contribution in [3.05, 3.63) is 124 Å². The monoisotopic (exact) mass is 448 g/mol. The van der Waals surface area contributed by atoms with Gasteiger partial charge in [0.2, 0.25) is 0 Å². The molecule has 33 heavy (non-hydrogen) atoms. The number of halogens is 3. The number of hydrogen-bond acceptors (Lipinski definition) is 3. The number of nitrogens with one attached hydrogen (secondary N) is 1. The van der Waals surface area contributed by atoms with E-state index in [-0.39, 0.29) is 23.7 Å². The second-order valence-electron chi connectivity index (χ2n) is 7.56. The van der Waals surface area contributed by atoms with Crippen molar-refractivity contribution in [1.82, 2.24) is 9.97 Å². The average Bonchev–Trinajstić information content (AvgIpc) is 2.82. The number of nitrogens with zero attached hydrogens (tertiary/aromatic N) is 1. The molecule has 1 heterocycles. The van der Waals surface area contributed by atoms with Gasteiger partial charge in [0, 0.05) is 24.0 Å². The number of Topliss-reactive ketones (excluding diaryl/α,β-unsaturated/α-hetero) is 1. The summed E-state index contributed by atoms with van der Waals surface area (Å²) in [5.41, 5.74) is 0.789. The number of aromatic nitrogens is 2. The Morgan fingerprint density at radius 3 is 2.03 bits per heavy atom. The highest BCUT2D eigenvalue weighted by Crippen LogP contribution is 2.33. The van der Waals surface area contributed by atoms with Gasteiger partial charge in [-0.25, -0.2) is 4.98 Å². The fourth-order valence-electron chi connectivity index (χ4n) is 3.64. The normalized spacial score (nSPS) is 12.3. The number of benzene rings is 3. The molecule has 1 atom stereocenters. The standard InChI is InChI=1S/C26H19F3N2O2/c27-26(28,29)20-13-11-18(12-14-20)21(17-7-3-1-4-8-17)15-23(32)22-16-24(33)31-25(30-22)19-9-5-2-6-10-19/h1-14,16,21H,15H2,(H,30,31,33). The summed E-state index contributed by atoms with van der Waals surface area (Å²) in [4.78, 5) is 32.3. The van der Waals surface area contributed by atoms with Gasteiger partial charge in [0.15, 0.2) is 5.78 Å². The molecule has 0 fully saturated rings. The summed E-state index contributed by atoms with van der Waals surface area (Å²) in [7, 11) is 0. The first kappa shape index (κ1) is 22.2. The molecule has 3 aromatic carbocycles. The van der Waals surface area contributed by atoms with Crippen molar-refractivity contribution in [2.24, 2.45) is 0 Å². The van der Waals surface area contributed by atoms with Crippen LogP contribution in [0.25, 0.3) is 11.4 Å². The van der Waals surface area contributed by atoms with E-state index in [4.69, 9.17) is 0 Å². The van der Waals surface area contributed by atoms with E-state index in [1.165, 1.54) is 12.1 Å². The third-order valence-electron chi connectivity index (χ3n) is 5.31. The molecular formula is C26H19F3N2O2. The molecule has 1 aromatic heterocycles. The van der Waals surface area contributed by atoms with Crippen molar-refractivity contribution >= 4 is 5.78 Å². The predicted molar refractivity (Wildman–Crippen MR) is 119 cm³/mol. The van der Waals surface area contributed by atoms with Crippen molar-refractivity contribution in [1.29, 1.82) is 0 Å². The number of alkyl halides is 3. The van der Waals surface area contributed by atoms with Crippen molar-refractivity contribution < 1.29 is 18.0 Å². The molecule has 0 spiro atoms. The summed E-state index contributed by atoms with van der Waals surface area (Å²) in [5.74, 6) is -0.605. The Balaban J connectivity index is 1.68. The molecule has 0 saturated carbocycles. The first-order chi connectivity index (χ1) is 15.8. The van der Waals surface area contributed by atoms with Crippen LogP contribution < -0.4 is 5.56 Å². The van der Waals surface area contributed by atoms with Gasteiger partial charge < -0.3 is 4.98 Å². The maximum absolute atomic E-state index is 13.2. The first-order valence-electron chi connectivity index (χ1n) is 10.2. The van der Waals surface area contributed by atoms with Crippen molar-refractivity contribution in [3.8, 4) is 11.4 Å². The third-order valence-corrected chi connectivity index (χ3v) is 5.31. The number of aromatic amines is 1. The van der Waals surface area contributed by atoms with Crippen LogP contribution in [0.2, 0.25) is 0 Å². The highest BCUT2D eigenvalue weighted by molar-refractivity contribution is 5.95. The Morgan fingerprint density at radius 1 is 0.848 bits per heavy atom. The van der Waals surface area contributed by atoms with Crippen LogP contribution in [0.1, 0.15) is 39.5 Å². The minimum atomic E-state index is -4.45. The molecule has 0 saturated heterocycles. The number of H-pyrrole nitrogens is 1. The predicted octanol–water partition coefficient (Wildman–Crippen LogP) is 5.86. The van der Waals surface area contributed by atoms with Gasteiger partial charge in [-0.05, 0) is 23.3 Å². The molecule has 166 valence electrons. The average molecular weight is 448 g/mol. The molecule has 4 rings (SSSR count). The quantitative estimate of drug-likeness (QED) is 0.376. The Morgan fingerprint density at radius 2 is 1.42 bits per heavy atom. The summed E-state index contributed by atoms with van der Waals surface area (Å²) in [6, 6.07) is 23.9. The molecule has 0 bridgehead atoms. The lowest BCUT2D eigenvalue weighted by molar-refractivity contribution is -0.137. The maximum atomic E-state index is 13.2. The van der Waals surface area contributed by atoms with Crippen LogP contribution in [0.5, 0.6) is 0 Å². The van der Waals surface area contributed by atoms with Crippen LogP contribution in [-0.2, 0) is 6.18 Å². The van der Waals surface area contributed by atoms with Gasteiger partial charge in [0.05, 0.1) is 5.56 Å². The minimum absolute atomic E-state index is 0.00504. The van der Waals surface area contributed by atoms with Crippen LogP contribution in [0.3, 0.4) is 0 Å². The Kier molecular flexibility index (Phi) is 6.22. The summed E-state index contributed by atoms with van der Waals surface area (Å²) in [6.07, 6.45) is -4.50. The van der Waals surface area contributed by atoms with Gasteiger partial charge in [-0.15, -0.1) is 0 Å². The fraction of sp³-hybridized carbons (Fsp3) is 0.115. The lowest BCUT2D eigenvalue weighted by atomic mass is 9.86. The highest BCUT2D eigenvalue weighted by Gasteiger charge is 2.30. The topological polar surface area (TPSA) is 62.8 Å². The smallest absolute Gasteiger partial charge is 0.306 e. The lowest BCUT2D eigenvalue weighted by Gasteiger charge is -2.18. The van der Waals surface area contributed by atoms with E-state index in [0.29, 0.717) is 11.1 Å². The number of carbonyl (C=O) groups is 1. The van der Waals surface area contributed by atoms with E-state index >= 15 is 0 Å². The molecule has 1 N–H and O–H groups in total. The third kappa shape index (κ3) is 5.26. The zero-order chi connectivity index (χ0) is 23.4. The second kappa shape index (κ2) is 9.24. The molecule has 0 aliphatic heterocycles. The largest absolute Gasteiger partial charge is 0.416 e. The lowest BCUT2D eigenvalue weighted by Crippen LogP contribution is -2.16. The zero-order valence-electron chi connectivity index (χ0n) is 17.3. The van der Waals surface area contributed by atoms with E-state index in [1.54, 1.807) is 36.4 Å². The molecular weight excluding hydrogens is 429 g/mol. The summed E-state index contributed by atoms with van der Waals surface area (Å²) >= 11 is 0. The van der Waals surface area contributed by atoms with Gasteiger partial charge in [0.25, 0.3) is 5.56 Å². The number of ketones is 1. The number of rotatable bonds is 6. The molecule has 0 aliphatic rings. The number of carbonyl (C=O) groups excluding carboxylic acids is 1. The fourth-order valence-corrected chi connectivity index (χ4v) is 3.64. The van der Waals surface area contributed by atoms with E-state index in [1.807, 2.05) is 24.3 Å². The van der Waals surface area contributed by atoms with Crippen LogP contribution in [0.4, 0.5) is 13.2 Å². The molecule has 4 nitrogen and oxygen atoms in total. The highest BCUT2D eigenvalue weighted by atomic mass is 19.4. The Hall–Kier alpha value is -4.00. The Bertz CT molecular complexity index is 1300. The summed E-state index contributed by atoms with van der Waals surface area (Å²) in [6.45, 7) is 0. The SMILES string of the molecule is O=C(CC(c1ccccc1)c1ccc(C(F)(F)F)cc1)c1cc(=O)[nH]c(-c2ccccc2)n1. The number of hydrogen-bond donors (Lipinski definition) is 1. The van der Waals surface area contributed by atoms with Crippen molar-refractivity contribution in [2.75, 3.05) is 0 Å². The summed E-state index contributed by atoms with van der Waals surface area (Å²) < 4.78 is 39.0. The van der Waals surface area contributed by atoms with Gasteiger partial charge in [-0.3, -0.25) is 9.59 Å². The Labute approximate surface area is 187 Å². The van der Waals surface area contributed by atoms with Crippen LogP contribution in [0.15, 0.2) is 95.8 Å². The molecule has 7 heteroatoms. The minimum Gasteiger partial charge on any atom is -0.306 e. The van der Waals surface area contributed by atoms with Gasteiger partial charge in [-0.1, -0.05) is 72.8 Å². The van der Waals surface area contributed by atoms with Gasteiger partial charge >= 0.3 is 6.18 Å². The van der Waals surface area contributed by atoms with Crippen LogP contribution >= 0.6 is 0 Å². The molecule has 0 radical (unpaired) electrons. The molecule has 0 aliphatic carbocycles. The second-order valence-corrected chi connectivity index (χ2v) is 7.56. The molecule has 0 amide bonds. The van der Waals surface area contributed by atoms with Crippen LogP contribution in [-0.4, -0.2) is 15.8 Å². The molecule has 4 aromatic rings. The summed E-state index contributed by atoms with van der Waals surface area (Å²) in [5, 5.41) is 0. The van der Waals surface area contributed by atoms with E-state index < -0.39 is 23.2 Å². The van der Waals surface area contributed by atoms with Crippen molar-refractivity contribution in [2.45, 2.75) is 18.5 Å². The van der Waals surface area contributed by atoms with Crippen molar-refractivity contribution in [3.63, 3.8) is 0 Å². The first-order valence-corrected chi connectivity index (χ1v) is 10.2.